The standard InChI is InChI=1S/C15H18F3N3O3/c1-19(2)12-6-5-10(8-13(12)21(23)24)14(22)20-7-3-4-11(9-20)15(16,17)18/h5-6,8,11H,3-4,7,9H2,1-2H3/t11-/m0/s1. The lowest BCUT2D eigenvalue weighted by molar-refractivity contribution is -0.384. The number of anilines is 1. The zero-order chi connectivity index (χ0) is 18.1. The number of amides is 1. The van der Waals surface area contributed by atoms with Crippen molar-refractivity contribution in [2.24, 2.45) is 5.92 Å². The van der Waals surface area contributed by atoms with Crippen LogP contribution < -0.4 is 4.90 Å². The molecule has 0 bridgehead atoms. The smallest absolute Gasteiger partial charge is 0.372 e. The molecule has 0 aliphatic carbocycles. The molecule has 1 amide bonds. The fourth-order valence-corrected chi connectivity index (χ4v) is 2.79. The molecule has 1 fully saturated rings. The number of likely N-dealkylation sites (tertiary alicyclic amines) is 1. The van der Waals surface area contributed by atoms with E-state index in [1.807, 2.05) is 0 Å². The second-order valence-electron chi connectivity index (χ2n) is 5.99. The molecule has 0 radical (unpaired) electrons. The summed E-state index contributed by atoms with van der Waals surface area (Å²) in [5.41, 5.74) is 0.0914. The Kier molecular flexibility index (Phi) is 5.00. The van der Waals surface area contributed by atoms with Crippen molar-refractivity contribution in [2.45, 2.75) is 19.0 Å². The number of alkyl halides is 3. The van der Waals surface area contributed by atoms with Gasteiger partial charge in [0.25, 0.3) is 11.6 Å². The van der Waals surface area contributed by atoms with Crippen LogP contribution in [0.1, 0.15) is 23.2 Å². The van der Waals surface area contributed by atoms with E-state index in [2.05, 4.69) is 0 Å². The van der Waals surface area contributed by atoms with E-state index in [0.717, 1.165) is 11.0 Å². The molecule has 24 heavy (non-hydrogen) atoms. The van der Waals surface area contributed by atoms with Crippen LogP contribution in [-0.4, -0.2) is 49.1 Å². The summed E-state index contributed by atoms with van der Waals surface area (Å²) in [5, 5.41) is 11.2. The van der Waals surface area contributed by atoms with Crippen LogP contribution >= 0.6 is 0 Å². The van der Waals surface area contributed by atoms with Crippen molar-refractivity contribution < 1.29 is 22.9 Å². The lowest BCUT2D eigenvalue weighted by Gasteiger charge is -2.33. The molecule has 1 aromatic carbocycles. The molecular weight excluding hydrogens is 327 g/mol. The third-order valence-electron chi connectivity index (χ3n) is 4.07. The van der Waals surface area contributed by atoms with Crippen LogP contribution in [0.25, 0.3) is 0 Å². The van der Waals surface area contributed by atoms with Crippen molar-refractivity contribution in [3.8, 4) is 0 Å². The highest BCUT2D eigenvalue weighted by Gasteiger charge is 2.42. The van der Waals surface area contributed by atoms with Gasteiger partial charge in [-0.3, -0.25) is 14.9 Å². The Morgan fingerprint density at radius 2 is 2.04 bits per heavy atom. The molecule has 1 aliphatic rings. The molecule has 0 aromatic heterocycles. The first-order chi connectivity index (χ1) is 11.1. The maximum absolute atomic E-state index is 12.9. The zero-order valence-electron chi connectivity index (χ0n) is 13.3. The number of rotatable bonds is 3. The number of hydrogen-bond acceptors (Lipinski definition) is 4. The minimum atomic E-state index is -4.35. The summed E-state index contributed by atoms with van der Waals surface area (Å²) < 4.78 is 38.6. The number of nitrogens with zero attached hydrogens (tertiary/aromatic N) is 3. The normalized spacial score (nSPS) is 18.4. The van der Waals surface area contributed by atoms with E-state index in [0.29, 0.717) is 5.69 Å². The van der Waals surface area contributed by atoms with Crippen molar-refractivity contribution >= 4 is 17.3 Å². The summed E-state index contributed by atoms with van der Waals surface area (Å²) >= 11 is 0. The minimum Gasteiger partial charge on any atom is -0.372 e. The van der Waals surface area contributed by atoms with Gasteiger partial charge in [-0.2, -0.15) is 13.2 Å². The minimum absolute atomic E-state index is 0.00695. The zero-order valence-corrected chi connectivity index (χ0v) is 13.3. The highest BCUT2D eigenvalue weighted by atomic mass is 19.4. The van der Waals surface area contributed by atoms with Crippen LogP contribution in [0.2, 0.25) is 0 Å². The van der Waals surface area contributed by atoms with Crippen molar-refractivity contribution in [1.82, 2.24) is 4.90 Å². The van der Waals surface area contributed by atoms with Crippen LogP contribution in [0.4, 0.5) is 24.5 Å². The third kappa shape index (κ3) is 3.77. The molecule has 0 unspecified atom stereocenters. The molecule has 1 atom stereocenters. The van der Waals surface area contributed by atoms with Gasteiger partial charge in [0.15, 0.2) is 0 Å². The number of halogens is 3. The van der Waals surface area contributed by atoms with Crippen molar-refractivity contribution in [3.05, 3.63) is 33.9 Å². The van der Waals surface area contributed by atoms with Gasteiger partial charge in [0.2, 0.25) is 0 Å². The first-order valence-electron chi connectivity index (χ1n) is 7.43. The maximum atomic E-state index is 12.9. The summed E-state index contributed by atoms with van der Waals surface area (Å²) in [6.45, 7) is -0.194. The summed E-state index contributed by atoms with van der Waals surface area (Å²) in [7, 11) is 3.25. The van der Waals surface area contributed by atoms with Crippen molar-refractivity contribution in [1.29, 1.82) is 0 Å². The molecule has 1 heterocycles. The van der Waals surface area contributed by atoms with E-state index in [4.69, 9.17) is 0 Å². The Hall–Kier alpha value is -2.32. The van der Waals surface area contributed by atoms with Gasteiger partial charge in [0.1, 0.15) is 5.69 Å². The van der Waals surface area contributed by atoms with Crippen molar-refractivity contribution in [3.63, 3.8) is 0 Å². The molecule has 0 N–H and O–H groups in total. The van der Waals surface area contributed by atoms with Crippen LogP contribution in [0.3, 0.4) is 0 Å². The van der Waals surface area contributed by atoms with Gasteiger partial charge in [0, 0.05) is 38.8 Å². The predicted octanol–water partition coefficient (Wildman–Crippen LogP) is 3.08. The Balaban J connectivity index is 2.26. The summed E-state index contributed by atoms with van der Waals surface area (Å²) in [5.74, 6) is -2.16. The highest BCUT2D eigenvalue weighted by Crippen LogP contribution is 2.34. The van der Waals surface area contributed by atoms with Gasteiger partial charge in [-0.25, -0.2) is 0 Å². The van der Waals surface area contributed by atoms with Gasteiger partial charge in [0.05, 0.1) is 10.8 Å². The molecule has 1 saturated heterocycles. The summed E-state index contributed by atoms with van der Waals surface area (Å²) in [4.78, 5) is 25.7. The summed E-state index contributed by atoms with van der Waals surface area (Å²) in [6.07, 6.45) is -4.10. The average molecular weight is 345 g/mol. The molecule has 6 nitrogen and oxygen atoms in total. The van der Waals surface area contributed by atoms with E-state index < -0.39 is 29.5 Å². The number of hydrogen-bond donors (Lipinski definition) is 0. The van der Waals surface area contributed by atoms with E-state index >= 15 is 0 Å². The number of piperidine rings is 1. The first kappa shape index (κ1) is 18.0. The van der Waals surface area contributed by atoms with Gasteiger partial charge in [-0.1, -0.05) is 0 Å². The molecule has 1 aliphatic heterocycles. The second-order valence-corrected chi connectivity index (χ2v) is 5.99. The Morgan fingerprint density at radius 1 is 1.38 bits per heavy atom. The first-order valence-corrected chi connectivity index (χ1v) is 7.43. The monoisotopic (exact) mass is 345 g/mol. The second kappa shape index (κ2) is 6.66. The maximum Gasteiger partial charge on any atom is 0.393 e. The van der Waals surface area contributed by atoms with Crippen LogP contribution in [0, 0.1) is 16.0 Å². The van der Waals surface area contributed by atoms with E-state index in [-0.39, 0.29) is 30.6 Å². The third-order valence-corrected chi connectivity index (χ3v) is 4.07. The summed E-state index contributed by atoms with van der Waals surface area (Å²) in [6, 6.07) is 3.95. The molecular formula is C15H18F3N3O3. The Bertz CT molecular complexity index is 647. The number of benzene rings is 1. The molecule has 0 spiro atoms. The number of carbonyl (C=O) groups excluding carboxylic acids is 1. The average Bonchev–Trinajstić information content (AvgIpc) is 2.52. The SMILES string of the molecule is CN(C)c1ccc(C(=O)N2CCC[C@H](C(F)(F)F)C2)cc1[N+](=O)[O-]. The van der Waals surface area contributed by atoms with Crippen molar-refractivity contribution in [2.75, 3.05) is 32.1 Å². The lowest BCUT2D eigenvalue weighted by atomic mass is 9.97. The van der Waals surface area contributed by atoms with E-state index in [9.17, 15) is 28.1 Å². The van der Waals surface area contributed by atoms with Gasteiger partial charge in [-0.15, -0.1) is 0 Å². The van der Waals surface area contributed by atoms with Crippen LogP contribution in [0.5, 0.6) is 0 Å². The number of carbonyl (C=O) groups is 1. The highest BCUT2D eigenvalue weighted by molar-refractivity contribution is 5.95. The fourth-order valence-electron chi connectivity index (χ4n) is 2.79. The Morgan fingerprint density at radius 3 is 2.58 bits per heavy atom. The predicted molar refractivity (Wildman–Crippen MR) is 82.1 cm³/mol. The number of nitro benzene ring substituents is 1. The van der Waals surface area contributed by atoms with Gasteiger partial charge in [-0.05, 0) is 25.0 Å². The van der Waals surface area contributed by atoms with Crippen LogP contribution in [-0.2, 0) is 0 Å². The van der Waals surface area contributed by atoms with E-state index in [1.165, 1.54) is 17.0 Å². The fraction of sp³-hybridized carbons (Fsp3) is 0.533. The number of nitro groups is 1. The van der Waals surface area contributed by atoms with Gasteiger partial charge < -0.3 is 9.80 Å². The molecule has 0 saturated carbocycles. The lowest BCUT2D eigenvalue weighted by Crippen LogP contribution is -2.44. The molecule has 2 rings (SSSR count). The molecule has 132 valence electrons. The van der Waals surface area contributed by atoms with E-state index in [1.54, 1.807) is 14.1 Å². The topological polar surface area (TPSA) is 66.7 Å². The molecule has 9 heteroatoms. The largest absolute Gasteiger partial charge is 0.393 e. The molecule has 1 aromatic rings. The Labute approximate surface area is 137 Å². The van der Waals surface area contributed by atoms with Crippen LogP contribution in [0.15, 0.2) is 18.2 Å². The van der Waals surface area contributed by atoms with Gasteiger partial charge >= 0.3 is 6.18 Å². The quantitative estimate of drug-likeness (QED) is 0.624.